The summed E-state index contributed by atoms with van der Waals surface area (Å²) < 4.78 is 0. The minimum atomic E-state index is 0.102. The molecular weight excluding hydrogens is 203 g/mol. The molecule has 2 aliphatic carbocycles. The van der Waals surface area contributed by atoms with Crippen LogP contribution in [0.15, 0.2) is 35.9 Å². The molecule has 0 amide bonds. The first-order valence-corrected chi connectivity index (χ1v) is 6.33. The lowest BCUT2D eigenvalue weighted by Gasteiger charge is -2.25. The summed E-state index contributed by atoms with van der Waals surface area (Å²) in [5.41, 5.74) is 6.64. The molecule has 0 spiro atoms. The van der Waals surface area contributed by atoms with E-state index in [1.807, 2.05) is 6.07 Å². The van der Waals surface area contributed by atoms with Crippen molar-refractivity contribution in [1.29, 1.82) is 0 Å². The van der Waals surface area contributed by atoms with E-state index in [-0.39, 0.29) is 5.41 Å². The first-order valence-electron chi connectivity index (χ1n) is 6.33. The second kappa shape index (κ2) is 3.38. The van der Waals surface area contributed by atoms with Crippen LogP contribution in [0.4, 0.5) is 0 Å². The van der Waals surface area contributed by atoms with Crippen molar-refractivity contribution in [2.45, 2.75) is 32.6 Å². The molecule has 0 aliphatic heterocycles. The third-order valence-corrected chi connectivity index (χ3v) is 4.12. The Balaban J connectivity index is 2.28. The predicted molar refractivity (Wildman–Crippen MR) is 74.7 cm³/mol. The van der Waals surface area contributed by atoms with Crippen LogP contribution in [-0.4, -0.2) is 7.85 Å². The summed E-state index contributed by atoms with van der Waals surface area (Å²) in [4.78, 5) is 0. The highest BCUT2D eigenvalue weighted by molar-refractivity contribution is 6.32. The van der Waals surface area contributed by atoms with E-state index in [0.29, 0.717) is 5.92 Å². The topological polar surface area (TPSA) is 0 Å². The third kappa shape index (κ3) is 1.45. The van der Waals surface area contributed by atoms with E-state index >= 15 is 0 Å². The zero-order chi connectivity index (χ0) is 12.2. The highest BCUT2D eigenvalue weighted by Gasteiger charge is 2.38. The Bertz CT molecular complexity index is 547. The van der Waals surface area contributed by atoms with Gasteiger partial charge in [0, 0.05) is 5.41 Å². The summed E-state index contributed by atoms with van der Waals surface area (Å²) in [6.07, 6.45) is 5.98. The normalized spacial score (nSPS) is 24.8. The van der Waals surface area contributed by atoms with Gasteiger partial charge in [-0.15, -0.1) is 0 Å². The number of fused-ring (bicyclic) bond motifs is 3. The molecular formula is C16H17B. The first-order chi connectivity index (χ1) is 8.00. The van der Waals surface area contributed by atoms with Crippen LogP contribution in [0.2, 0.25) is 0 Å². The van der Waals surface area contributed by atoms with Crippen LogP contribution >= 0.6 is 0 Å². The summed E-state index contributed by atoms with van der Waals surface area (Å²) in [6, 6.07) is 6.33. The highest BCUT2D eigenvalue weighted by atomic mass is 14.4. The molecule has 0 fully saturated rings. The molecule has 1 aromatic rings. The van der Waals surface area contributed by atoms with Crippen LogP contribution in [0.1, 0.15) is 38.3 Å². The van der Waals surface area contributed by atoms with Gasteiger partial charge in [-0.25, -0.2) is 0 Å². The molecule has 1 atom stereocenters. The van der Waals surface area contributed by atoms with Gasteiger partial charge in [0.05, 0.1) is 0 Å². The van der Waals surface area contributed by atoms with Crippen molar-refractivity contribution >= 4 is 18.9 Å². The molecule has 0 aromatic heterocycles. The van der Waals surface area contributed by atoms with Crippen LogP contribution in [0, 0.1) is 5.92 Å². The monoisotopic (exact) mass is 220 g/mol. The van der Waals surface area contributed by atoms with Crippen molar-refractivity contribution in [3.63, 3.8) is 0 Å². The molecule has 1 heteroatoms. The van der Waals surface area contributed by atoms with E-state index in [1.165, 1.54) is 22.3 Å². The number of hydrogen-bond donors (Lipinski definition) is 0. The van der Waals surface area contributed by atoms with Crippen LogP contribution in [0.5, 0.6) is 0 Å². The number of benzene rings is 1. The van der Waals surface area contributed by atoms with Crippen molar-refractivity contribution in [3.05, 3.63) is 47.1 Å². The van der Waals surface area contributed by atoms with Crippen molar-refractivity contribution in [3.8, 4) is 0 Å². The largest absolute Gasteiger partial charge is 0.113 e. The van der Waals surface area contributed by atoms with E-state index in [0.717, 1.165) is 11.9 Å². The second-order valence-corrected chi connectivity index (χ2v) is 5.84. The van der Waals surface area contributed by atoms with Crippen LogP contribution < -0.4 is 5.46 Å². The molecule has 0 saturated heterocycles. The van der Waals surface area contributed by atoms with Gasteiger partial charge in [-0.3, -0.25) is 0 Å². The summed E-state index contributed by atoms with van der Waals surface area (Å²) in [5, 5.41) is 0. The molecule has 2 aliphatic rings. The van der Waals surface area contributed by atoms with Crippen LogP contribution in [0.25, 0.3) is 5.57 Å². The molecule has 0 nitrogen and oxygen atoms in total. The Morgan fingerprint density at radius 2 is 2.06 bits per heavy atom. The maximum absolute atomic E-state index is 5.93. The van der Waals surface area contributed by atoms with Gasteiger partial charge in [0.15, 0.2) is 0 Å². The molecule has 84 valence electrons. The average molecular weight is 220 g/mol. The number of rotatable bonds is 0. The van der Waals surface area contributed by atoms with Gasteiger partial charge in [-0.2, -0.15) is 0 Å². The standard InChI is InChI=1S/C16H17B/c1-10-4-6-12-13-7-5-11(17)9-15(13)16(2,3)14(12)8-10/h5-10H,4H2,1-3H3. The Hall–Kier alpha value is -1.24. The van der Waals surface area contributed by atoms with E-state index in [9.17, 15) is 0 Å². The summed E-state index contributed by atoms with van der Waals surface area (Å²) in [5.74, 6) is 0.652. The summed E-state index contributed by atoms with van der Waals surface area (Å²) in [7, 11) is 5.93. The van der Waals surface area contributed by atoms with Gasteiger partial charge in [0.25, 0.3) is 0 Å². The average Bonchev–Trinajstić information content (AvgIpc) is 2.49. The lowest BCUT2D eigenvalue weighted by Crippen LogP contribution is -2.18. The van der Waals surface area contributed by atoms with Gasteiger partial charge in [0.1, 0.15) is 7.85 Å². The van der Waals surface area contributed by atoms with Gasteiger partial charge >= 0.3 is 0 Å². The summed E-state index contributed by atoms with van der Waals surface area (Å²) in [6.45, 7) is 6.89. The Morgan fingerprint density at radius 3 is 2.82 bits per heavy atom. The smallest absolute Gasteiger partial charge is 0.0963 e. The molecule has 0 heterocycles. The number of hydrogen-bond acceptors (Lipinski definition) is 0. The maximum Gasteiger partial charge on any atom is 0.113 e. The third-order valence-electron chi connectivity index (χ3n) is 4.12. The van der Waals surface area contributed by atoms with Crippen molar-refractivity contribution in [1.82, 2.24) is 0 Å². The first kappa shape index (κ1) is 10.9. The van der Waals surface area contributed by atoms with E-state index in [2.05, 4.69) is 45.1 Å². The van der Waals surface area contributed by atoms with E-state index in [1.54, 1.807) is 0 Å². The SMILES string of the molecule is [B]c1ccc2c(c1)C(C)(C)C1=CC(C)CC=C12. The molecule has 1 aromatic carbocycles. The lowest BCUT2D eigenvalue weighted by molar-refractivity contribution is 0.633. The molecule has 1 unspecified atom stereocenters. The Kier molecular flexibility index (Phi) is 2.17. The molecule has 2 radical (unpaired) electrons. The predicted octanol–water partition coefficient (Wildman–Crippen LogP) is 3.12. The fourth-order valence-electron chi connectivity index (χ4n) is 3.11. The van der Waals surface area contributed by atoms with Gasteiger partial charge in [-0.1, -0.05) is 56.6 Å². The fourth-order valence-corrected chi connectivity index (χ4v) is 3.11. The fraction of sp³-hybridized carbons (Fsp3) is 0.375. The Morgan fingerprint density at radius 1 is 1.29 bits per heavy atom. The minimum absolute atomic E-state index is 0.102. The second-order valence-electron chi connectivity index (χ2n) is 5.84. The highest BCUT2D eigenvalue weighted by Crippen LogP contribution is 2.51. The van der Waals surface area contributed by atoms with Crippen molar-refractivity contribution < 1.29 is 0 Å². The van der Waals surface area contributed by atoms with Gasteiger partial charge < -0.3 is 0 Å². The molecule has 0 bridgehead atoms. The molecule has 17 heavy (non-hydrogen) atoms. The number of allylic oxidation sites excluding steroid dienone is 4. The molecule has 0 N–H and O–H groups in total. The molecule has 3 rings (SSSR count). The van der Waals surface area contributed by atoms with E-state index < -0.39 is 0 Å². The summed E-state index contributed by atoms with van der Waals surface area (Å²) >= 11 is 0. The molecule has 0 saturated carbocycles. The Labute approximate surface area is 105 Å². The maximum atomic E-state index is 5.93. The van der Waals surface area contributed by atoms with Gasteiger partial charge in [-0.05, 0) is 34.6 Å². The van der Waals surface area contributed by atoms with Gasteiger partial charge in [0.2, 0.25) is 0 Å². The lowest BCUT2D eigenvalue weighted by atomic mass is 9.78. The minimum Gasteiger partial charge on any atom is -0.0963 e. The van der Waals surface area contributed by atoms with Crippen LogP contribution in [-0.2, 0) is 5.41 Å². The quantitative estimate of drug-likeness (QED) is 0.589. The van der Waals surface area contributed by atoms with Crippen molar-refractivity contribution in [2.75, 3.05) is 0 Å². The zero-order valence-corrected chi connectivity index (χ0v) is 10.7. The zero-order valence-electron chi connectivity index (χ0n) is 10.7. The van der Waals surface area contributed by atoms with E-state index in [4.69, 9.17) is 7.85 Å². The van der Waals surface area contributed by atoms with Crippen molar-refractivity contribution in [2.24, 2.45) is 5.92 Å². The van der Waals surface area contributed by atoms with Crippen LogP contribution in [0.3, 0.4) is 0 Å².